The Bertz CT molecular complexity index is 7400. The molecule has 0 aliphatic heterocycles. The maximum atomic E-state index is 14.1. The summed E-state index contributed by atoms with van der Waals surface area (Å²) in [6, 6.07) is 116. The first-order valence-electron chi connectivity index (χ1n) is 38.0. The normalized spacial score (nSPS) is 11.5. The molecule has 9 aromatic heterocycles. The molecule has 13 aromatic carbocycles. The summed E-state index contributed by atoms with van der Waals surface area (Å²) in [5.41, 5.74) is 24.2. The molecule has 0 unspecified atom stereocenters. The second-order valence-corrected chi connectivity index (χ2v) is 28.9. The third-order valence-electron chi connectivity index (χ3n) is 22.0. The van der Waals surface area contributed by atoms with Crippen molar-refractivity contribution in [3.63, 3.8) is 0 Å². The molecule has 0 aliphatic rings. The molecule has 0 fully saturated rings. The molecule has 0 bridgehead atoms. The van der Waals surface area contributed by atoms with E-state index in [1.54, 1.807) is 29.1 Å². The molecule has 17 heteroatoms. The summed E-state index contributed by atoms with van der Waals surface area (Å²) in [5, 5.41) is 11.7. The molecule has 0 radical (unpaired) electrons. The Labute approximate surface area is 704 Å². The minimum Gasteiger partial charge on any atom is -0.389 e. The number of nitrogens with zero attached hydrogens (tertiary/aromatic N) is 11. The van der Waals surface area contributed by atoms with Crippen LogP contribution in [0.3, 0.4) is 0 Å². The van der Waals surface area contributed by atoms with Gasteiger partial charge in [-0.25, -0.2) is 5.56 Å². The molecular formula is C102H55Ir2N11O4. The number of fused-ring (bicyclic) bond motifs is 9. The van der Waals surface area contributed by atoms with Gasteiger partial charge in [0.2, 0.25) is 0 Å². The van der Waals surface area contributed by atoms with Crippen LogP contribution in [0, 0.1) is 36.9 Å². The fourth-order valence-electron chi connectivity index (χ4n) is 16.4. The summed E-state index contributed by atoms with van der Waals surface area (Å²) in [4.78, 5) is 77.9. The van der Waals surface area contributed by atoms with Crippen LogP contribution in [0.1, 0.15) is 0 Å². The molecule has 15 nitrogen and oxygen atoms in total. The fourth-order valence-corrected chi connectivity index (χ4v) is 16.4. The summed E-state index contributed by atoms with van der Waals surface area (Å²) in [7, 11) is 0. The monoisotopic (exact) mass is 1880 g/mol. The average Bonchev–Trinajstić information content (AvgIpc) is 1.47. The number of pyridine rings is 4. The maximum Gasteiger partial charge on any atom is 3.00 e. The van der Waals surface area contributed by atoms with Crippen molar-refractivity contribution in [3.8, 4) is 128 Å². The van der Waals surface area contributed by atoms with Crippen LogP contribution >= 0.6 is 0 Å². The van der Waals surface area contributed by atoms with Crippen molar-refractivity contribution in [1.29, 1.82) is 0 Å². The summed E-state index contributed by atoms with van der Waals surface area (Å²) in [5.74, 6) is 0. The van der Waals surface area contributed by atoms with Crippen LogP contribution in [0.2, 0.25) is 0 Å². The molecule has 0 saturated heterocycles. The van der Waals surface area contributed by atoms with Crippen LogP contribution < -0.4 is 22.2 Å². The van der Waals surface area contributed by atoms with Gasteiger partial charge < -0.3 is 48.9 Å². The zero-order valence-electron chi connectivity index (χ0n) is 62.5. The molecule has 9 heterocycles. The van der Waals surface area contributed by atoms with E-state index in [2.05, 4.69) is 140 Å². The van der Waals surface area contributed by atoms with Gasteiger partial charge in [-0.15, -0.1) is 29.8 Å². The Kier molecular flexibility index (Phi) is 18.2. The Morgan fingerprint density at radius 3 is 0.723 bits per heavy atom. The number of benzene rings is 13. The van der Waals surface area contributed by atoms with Gasteiger partial charge in [0.05, 0.1) is 22.1 Å². The number of hydrogen-bond acceptors (Lipinski definition) is 10. The number of hydrogen-bond donors (Lipinski definition) is 0. The zero-order chi connectivity index (χ0) is 77.9. The van der Waals surface area contributed by atoms with Crippen molar-refractivity contribution in [1.82, 2.24) is 52.5 Å². The van der Waals surface area contributed by atoms with E-state index in [1.165, 1.54) is 17.6 Å². The van der Waals surface area contributed by atoms with Crippen molar-refractivity contribution >= 4 is 77.2 Å². The largest absolute Gasteiger partial charge is 3.00 e. The summed E-state index contributed by atoms with van der Waals surface area (Å²) in [6.45, 7) is 0. The van der Waals surface area contributed by atoms with Gasteiger partial charge in [0, 0.05) is 44.1 Å². The fraction of sp³-hybridized carbons (Fsp3) is 0. The summed E-state index contributed by atoms with van der Waals surface area (Å²) in [6.07, 6.45) is 13.2. The Morgan fingerprint density at radius 1 is 0.218 bits per heavy atom. The van der Waals surface area contributed by atoms with E-state index in [4.69, 9.17) is 30.1 Å². The smallest absolute Gasteiger partial charge is 0.389 e. The molecule has 0 N–H and O–H groups in total. The molecule has 560 valence electrons. The zero-order valence-corrected chi connectivity index (χ0v) is 67.3. The SMILES string of the molecule is O=c1c2ccccc2nc2cc(-c3ccccc3-c3cc(-c4ccccc4-c4c[c-]n5c(=O)c6ccccc6nc5c4)cc(-c4cccc(-c5cc(-c6ccccc6-c6c[c-]n7c(=O)c8ccccc8nc7c6)cc(-c6ccccc6-c6c[c-]n7c(=O)c8ccccc8nc7c6)c5)c4-c4c[c-]c(-n5nc6ccccc6n5)[c-]c4)c3)c[c-]n12.[Ir+3].[Ir+3]. The summed E-state index contributed by atoms with van der Waals surface area (Å²) >= 11 is 0. The van der Waals surface area contributed by atoms with Gasteiger partial charge in [-0.05, 0) is 140 Å². The first kappa shape index (κ1) is 73.0. The first-order chi connectivity index (χ1) is 57.6. The van der Waals surface area contributed by atoms with Gasteiger partial charge >= 0.3 is 40.2 Å². The minimum atomic E-state index is -0.211. The van der Waals surface area contributed by atoms with Crippen LogP contribution in [0.5, 0.6) is 0 Å². The molecule has 0 saturated carbocycles. The second-order valence-electron chi connectivity index (χ2n) is 28.9. The van der Waals surface area contributed by atoms with Crippen molar-refractivity contribution < 1.29 is 40.2 Å². The van der Waals surface area contributed by atoms with Crippen molar-refractivity contribution in [3.05, 3.63) is 412 Å². The van der Waals surface area contributed by atoms with Crippen LogP contribution in [0.25, 0.3) is 205 Å². The molecule has 0 spiro atoms. The molecule has 119 heavy (non-hydrogen) atoms. The molecule has 22 rings (SSSR count). The van der Waals surface area contributed by atoms with Gasteiger partial charge in [0.15, 0.2) is 22.2 Å². The van der Waals surface area contributed by atoms with Crippen molar-refractivity contribution in [2.24, 2.45) is 0 Å². The Balaban J connectivity index is 0.00000453. The van der Waals surface area contributed by atoms with Gasteiger partial charge in [-0.1, -0.05) is 294 Å². The summed E-state index contributed by atoms with van der Waals surface area (Å²) < 4.78 is 5.90. The van der Waals surface area contributed by atoms with Gasteiger partial charge in [-0.3, -0.25) is 32.1 Å². The Hall–Kier alpha value is -15.0. The molecule has 0 atom stereocenters. The van der Waals surface area contributed by atoms with E-state index < -0.39 is 0 Å². The average molecular weight is 1880 g/mol. The molecule has 22 aromatic rings. The molecular weight excluding hydrogens is 1830 g/mol. The maximum absolute atomic E-state index is 14.1. The van der Waals surface area contributed by atoms with Crippen LogP contribution in [-0.2, 0) is 40.2 Å². The van der Waals surface area contributed by atoms with Gasteiger partial charge in [0.25, 0.3) is 0 Å². The predicted octanol–water partition coefficient (Wildman–Crippen LogP) is 20.2. The van der Waals surface area contributed by atoms with Crippen molar-refractivity contribution in [2.45, 2.75) is 0 Å². The van der Waals surface area contributed by atoms with E-state index in [0.717, 1.165) is 133 Å². The predicted molar refractivity (Wildman–Crippen MR) is 462 cm³/mol. The minimum absolute atomic E-state index is 0. The van der Waals surface area contributed by atoms with Crippen molar-refractivity contribution in [2.75, 3.05) is 0 Å². The van der Waals surface area contributed by atoms with E-state index in [1.807, 2.05) is 206 Å². The quantitative estimate of drug-likeness (QED) is 0.0848. The first-order valence-corrected chi connectivity index (χ1v) is 38.0. The molecule has 0 aliphatic carbocycles. The van der Waals surface area contributed by atoms with Crippen LogP contribution in [-0.4, -0.2) is 52.5 Å². The van der Waals surface area contributed by atoms with Crippen LogP contribution in [0.15, 0.2) is 353 Å². The topological polar surface area (TPSA) is 168 Å². The van der Waals surface area contributed by atoms with E-state index in [-0.39, 0.29) is 62.4 Å². The van der Waals surface area contributed by atoms with E-state index in [0.29, 0.717) is 71.9 Å². The van der Waals surface area contributed by atoms with Crippen LogP contribution in [0.4, 0.5) is 0 Å². The standard InChI is InChI=1S/C102H55N11O4.2Ir/c114-99-84-28-9-13-34-88(84)103-94-58-63(44-48-109(94)99)74-20-1-5-24-78(74)67-52-68(79-25-6-2-21-75(79)64-45-49-110-95(59-64)104-89-35-14-10-29-85(89)100(110)115)55-71(54-67)82-32-19-33-83(98(82)62-40-42-73(43-41-62)113-107-92-38-17-18-39-93(92)108-113)72-56-69(80-26-7-3-22-76(80)65-46-50-111-96(60-65)105-90-36-15-11-30-86(90)101(111)116)53-70(57-72)81-27-8-4-23-77(81)66-47-51-112-97(61-66)106-91-37-16-12-31-87(91)102(112)117;;/h1-41,44-47,52-61H;;/q-6;2*+3. The number of aromatic nitrogens is 11. The third-order valence-corrected chi connectivity index (χ3v) is 22.0. The third kappa shape index (κ3) is 12.7. The van der Waals surface area contributed by atoms with E-state index in [9.17, 15) is 19.2 Å². The van der Waals surface area contributed by atoms with Gasteiger partial charge in [0.1, 0.15) is 11.0 Å². The number of para-hydroxylation sites is 4. The van der Waals surface area contributed by atoms with E-state index >= 15 is 0 Å². The number of rotatable bonds is 12. The molecule has 0 amide bonds. The second kappa shape index (κ2) is 29.7. The Morgan fingerprint density at radius 2 is 0.445 bits per heavy atom. The van der Waals surface area contributed by atoms with Gasteiger partial charge in [-0.2, -0.15) is 20.7 Å².